The summed E-state index contributed by atoms with van der Waals surface area (Å²) in [4.78, 5) is 21.1. The van der Waals surface area contributed by atoms with E-state index in [1.54, 1.807) is 12.1 Å². The van der Waals surface area contributed by atoms with Gasteiger partial charge in [-0.05, 0) is 70.6 Å². The fraction of sp³-hybridized carbons (Fsp3) is 0.615. The number of likely N-dealkylation sites (tertiary alicyclic amines) is 2. The minimum Gasteiger partial charge on any atom is -0.444 e. The molecule has 2 N–H and O–H groups in total. The van der Waals surface area contributed by atoms with Crippen LogP contribution in [0.15, 0.2) is 23.2 Å². The summed E-state index contributed by atoms with van der Waals surface area (Å²) in [7, 11) is 0. The van der Waals surface area contributed by atoms with E-state index in [9.17, 15) is 4.79 Å². The Hall–Kier alpha value is -2.79. The Labute approximate surface area is 213 Å². The van der Waals surface area contributed by atoms with Crippen molar-refractivity contribution >= 4 is 35.6 Å². The van der Waals surface area contributed by atoms with Crippen molar-refractivity contribution in [1.82, 2.24) is 9.80 Å². The van der Waals surface area contributed by atoms with E-state index in [2.05, 4.69) is 35.1 Å². The molecular weight excluding hydrogens is 464 g/mol. The van der Waals surface area contributed by atoms with E-state index in [1.807, 2.05) is 31.7 Å². The molecule has 0 bridgehead atoms. The van der Waals surface area contributed by atoms with E-state index >= 15 is 0 Å². The van der Waals surface area contributed by atoms with Crippen molar-refractivity contribution in [1.29, 1.82) is 10.7 Å². The Balaban J connectivity index is 1.63. The van der Waals surface area contributed by atoms with Crippen LogP contribution in [-0.2, 0) is 4.74 Å². The minimum absolute atomic E-state index is 0.00435. The van der Waals surface area contributed by atoms with E-state index in [-0.39, 0.29) is 23.5 Å². The third kappa shape index (κ3) is 6.66. The van der Waals surface area contributed by atoms with Crippen LogP contribution in [0.1, 0.15) is 59.4 Å². The predicted octanol–water partition coefficient (Wildman–Crippen LogP) is 5.38. The Morgan fingerprint density at radius 3 is 2.43 bits per heavy atom. The monoisotopic (exact) mass is 500 g/mol. The zero-order chi connectivity index (χ0) is 25.8. The number of benzene rings is 1. The third-order valence-electron chi connectivity index (χ3n) is 7.07. The number of nitrogens with one attached hydrogen (secondary N) is 2. The lowest BCUT2D eigenvalue weighted by atomic mass is 9.78. The summed E-state index contributed by atoms with van der Waals surface area (Å²) in [6, 6.07) is 7.32. The van der Waals surface area contributed by atoms with Crippen molar-refractivity contribution in [2.24, 2.45) is 16.3 Å². The maximum absolute atomic E-state index is 12.5. The second-order valence-electron chi connectivity index (χ2n) is 10.8. The number of hydrogen-bond acceptors (Lipinski definition) is 5. The second kappa shape index (κ2) is 10.9. The first-order valence-electron chi connectivity index (χ1n) is 12.2. The van der Waals surface area contributed by atoms with Crippen LogP contribution in [0.2, 0.25) is 5.02 Å². The molecule has 9 heteroatoms. The lowest BCUT2D eigenvalue weighted by Crippen LogP contribution is -2.47. The van der Waals surface area contributed by atoms with E-state index < -0.39 is 5.60 Å². The van der Waals surface area contributed by atoms with Crippen LogP contribution < -0.4 is 5.32 Å². The Kier molecular flexibility index (Phi) is 8.32. The molecule has 2 saturated heterocycles. The SMILES string of the molecule is CC(Nc1ccc(C#N)cc1Cl)C(C)C(=NC=N)N1CCC2(CCN(C(=O)OC(C)(C)C)CC2)C1. The summed E-state index contributed by atoms with van der Waals surface area (Å²) in [5.74, 6) is 0.913. The van der Waals surface area contributed by atoms with Gasteiger partial charge in [-0.3, -0.25) is 5.41 Å². The molecule has 1 aromatic rings. The van der Waals surface area contributed by atoms with Crippen LogP contribution in [0.4, 0.5) is 10.5 Å². The molecule has 8 nitrogen and oxygen atoms in total. The topological polar surface area (TPSA) is 105 Å². The highest BCUT2D eigenvalue weighted by atomic mass is 35.5. The maximum Gasteiger partial charge on any atom is 0.410 e. The molecule has 2 unspecified atom stereocenters. The van der Waals surface area contributed by atoms with E-state index in [0.29, 0.717) is 23.7 Å². The van der Waals surface area contributed by atoms with Gasteiger partial charge >= 0.3 is 6.09 Å². The predicted molar refractivity (Wildman–Crippen MR) is 140 cm³/mol. The normalized spacial score (nSPS) is 19.7. The quantitative estimate of drug-likeness (QED) is 0.417. The van der Waals surface area contributed by atoms with E-state index in [1.165, 1.54) is 0 Å². The number of nitriles is 1. The van der Waals surface area contributed by atoms with Gasteiger partial charge in [0.15, 0.2) is 0 Å². The van der Waals surface area contributed by atoms with Crippen LogP contribution >= 0.6 is 11.6 Å². The van der Waals surface area contributed by atoms with Gasteiger partial charge in [0.2, 0.25) is 0 Å². The van der Waals surface area contributed by atoms with Crippen LogP contribution in [-0.4, -0.2) is 65.9 Å². The molecule has 1 amide bonds. The summed E-state index contributed by atoms with van der Waals surface area (Å²) in [6.45, 7) is 13.0. The lowest BCUT2D eigenvalue weighted by Gasteiger charge is -2.40. The molecule has 35 heavy (non-hydrogen) atoms. The number of ether oxygens (including phenoxy) is 1. The van der Waals surface area contributed by atoms with Gasteiger partial charge in [-0.25, -0.2) is 9.79 Å². The van der Waals surface area contributed by atoms with Crippen molar-refractivity contribution in [3.8, 4) is 6.07 Å². The fourth-order valence-electron chi connectivity index (χ4n) is 4.88. The van der Waals surface area contributed by atoms with Gasteiger partial charge in [0.25, 0.3) is 0 Å². The number of amides is 1. The zero-order valence-corrected chi connectivity index (χ0v) is 22.2. The number of carbonyl (C=O) groups is 1. The number of amidine groups is 1. The molecule has 190 valence electrons. The third-order valence-corrected chi connectivity index (χ3v) is 7.39. The summed E-state index contributed by atoms with van der Waals surface area (Å²) < 4.78 is 5.55. The van der Waals surface area contributed by atoms with Crippen LogP contribution in [0.5, 0.6) is 0 Å². The van der Waals surface area contributed by atoms with Crippen molar-refractivity contribution < 1.29 is 9.53 Å². The number of carbonyl (C=O) groups excluding carboxylic acids is 1. The van der Waals surface area contributed by atoms with Gasteiger partial charge in [0.05, 0.1) is 22.3 Å². The summed E-state index contributed by atoms with van der Waals surface area (Å²) >= 11 is 6.36. The van der Waals surface area contributed by atoms with Crippen molar-refractivity contribution in [2.75, 3.05) is 31.5 Å². The minimum atomic E-state index is -0.489. The Bertz CT molecular complexity index is 1000. The number of hydrogen-bond donors (Lipinski definition) is 2. The number of anilines is 1. The zero-order valence-electron chi connectivity index (χ0n) is 21.4. The van der Waals surface area contributed by atoms with Gasteiger partial charge < -0.3 is 19.9 Å². The molecule has 2 atom stereocenters. The molecule has 2 heterocycles. The first kappa shape index (κ1) is 26.8. The largest absolute Gasteiger partial charge is 0.444 e. The van der Waals surface area contributed by atoms with E-state index in [4.69, 9.17) is 27.0 Å². The molecule has 3 rings (SSSR count). The highest BCUT2D eigenvalue weighted by molar-refractivity contribution is 6.33. The maximum atomic E-state index is 12.5. The summed E-state index contributed by atoms with van der Waals surface area (Å²) in [6.07, 6.45) is 3.79. The number of nitrogens with zero attached hydrogens (tertiary/aromatic N) is 4. The average Bonchev–Trinajstić information content (AvgIpc) is 3.20. The lowest BCUT2D eigenvalue weighted by molar-refractivity contribution is 0.0114. The van der Waals surface area contributed by atoms with Gasteiger partial charge in [0.1, 0.15) is 17.8 Å². The second-order valence-corrected chi connectivity index (χ2v) is 11.2. The van der Waals surface area contributed by atoms with Gasteiger partial charge in [-0.1, -0.05) is 18.5 Å². The molecule has 2 aliphatic rings. The molecule has 2 fully saturated rings. The first-order chi connectivity index (χ1) is 16.5. The van der Waals surface area contributed by atoms with E-state index in [0.717, 1.165) is 50.2 Å². The smallest absolute Gasteiger partial charge is 0.410 e. The molecule has 1 spiro atoms. The van der Waals surface area contributed by atoms with Crippen LogP contribution in [0.3, 0.4) is 0 Å². The fourth-order valence-corrected chi connectivity index (χ4v) is 5.11. The van der Waals surface area contributed by atoms with Gasteiger partial charge in [-0.15, -0.1) is 0 Å². The highest BCUT2D eigenvalue weighted by Gasteiger charge is 2.43. The Morgan fingerprint density at radius 2 is 1.89 bits per heavy atom. The molecule has 0 radical (unpaired) electrons. The first-order valence-corrected chi connectivity index (χ1v) is 12.6. The number of aliphatic imine (C=N–C) groups is 1. The number of rotatable bonds is 5. The summed E-state index contributed by atoms with van der Waals surface area (Å²) in [5, 5.41) is 20.7. The van der Waals surface area contributed by atoms with Crippen LogP contribution in [0.25, 0.3) is 0 Å². The molecule has 0 aromatic heterocycles. The molecule has 2 aliphatic heterocycles. The standard InChI is InChI=1S/C26H37ClN6O2/c1-18(19(2)31-22-7-6-20(15-28)14-21(22)27)23(30-17-29)33-13-10-26(16-33)8-11-32(12-9-26)24(34)35-25(3,4)5/h6-7,14,17-19,29,31H,8-13,16H2,1-5H3. The van der Waals surface area contributed by atoms with Gasteiger partial charge in [-0.2, -0.15) is 5.26 Å². The van der Waals surface area contributed by atoms with Crippen LogP contribution in [0, 0.1) is 28.1 Å². The number of piperidine rings is 1. The highest BCUT2D eigenvalue weighted by Crippen LogP contribution is 2.41. The molecule has 0 aliphatic carbocycles. The summed E-state index contributed by atoms with van der Waals surface area (Å²) in [5.41, 5.74) is 0.949. The van der Waals surface area contributed by atoms with Gasteiger partial charge in [0, 0.05) is 38.1 Å². The number of halogens is 1. The van der Waals surface area contributed by atoms with Crippen molar-refractivity contribution in [2.45, 2.75) is 65.5 Å². The molecule has 0 saturated carbocycles. The molecular formula is C26H37ClN6O2. The molecule has 1 aromatic carbocycles. The van der Waals surface area contributed by atoms with Crippen molar-refractivity contribution in [3.05, 3.63) is 28.8 Å². The average molecular weight is 501 g/mol. The van der Waals surface area contributed by atoms with Crippen molar-refractivity contribution in [3.63, 3.8) is 0 Å². The Morgan fingerprint density at radius 1 is 1.26 bits per heavy atom.